The van der Waals surface area contributed by atoms with E-state index in [1.54, 1.807) is 36.4 Å². The quantitative estimate of drug-likeness (QED) is 0.817. The van der Waals surface area contributed by atoms with Crippen molar-refractivity contribution in [1.82, 2.24) is 5.32 Å². The van der Waals surface area contributed by atoms with Crippen molar-refractivity contribution in [1.29, 1.82) is 0 Å². The molecule has 7 heteroatoms. The zero-order chi connectivity index (χ0) is 16.9. The molecule has 1 aliphatic rings. The maximum atomic E-state index is 12.1. The standard InChI is InChI=1S/C17H16N2O5/c18-17(21)19-8-11-1-4-13(5-2-11)16(20)22-9-12-3-6-14-15(7-12)24-10-23-14/h1-7H,8-10H2,(H3,18,19,21). The van der Waals surface area contributed by atoms with Crippen LogP contribution >= 0.6 is 0 Å². The third-order valence-electron chi connectivity index (χ3n) is 3.46. The molecular weight excluding hydrogens is 312 g/mol. The first-order chi connectivity index (χ1) is 11.6. The molecule has 0 bridgehead atoms. The molecule has 0 unspecified atom stereocenters. The van der Waals surface area contributed by atoms with Gasteiger partial charge < -0.3 is 25.3 Å². The van der Waals surface area contributed by atoms with Crippen LogP contribution in [0, 0.1) is 0 Å². The summed E-state index contributed by atoms with van der Waals surface area (Å²) < 4.78 is 15.8. The van der Waals surface area contributed by atoms with Crippen LogP contribution in [-0.4, -0.2) is 18.8 Å². The van der Waals surface area contributed by atoms with E-state index in [2.05, 4.69) is 5.32 Å². The second-order valence-electron chi connectivity index (χ2n) is 5.18. The van der Waals surface area contributed by atoms with Crippen LogP contribution in [0.15, 0.2) is 42.5 Å². The molecule has 0 saturated heterocycles. The number of hydrogen-bond donors (Lipinski definition) is 2. The lowest BCUT2D eigenvalue weighted by Crippen LogP contribution is -2.28. The molecule has 2 aromatic carbocycles. The molecule has 3 N–H and O–H groups in total. The Bertz CT molecular complexity index is 758. The Hall–Kier alpha value is -3.22. The number of fused-ring (bicyclic) bond motifs is 1. The SMILES string of the molecule is NC(=O)NCc1ccc(C(=O)OCc2ccc3c(c2)OCO3)cc1. The van der Waals surface area contributed by atoms with E-state index in [4.69, 9.17) is 19.9 Å². The van der Waals surface area contributed by atoms with Gasteiger partial charge >= 0.3 is 12.0 Å². The number of carbonyl (C=O) groups is 2. The summed E-state index contributed by atoms with van der Waals surface area (Å²) in [5.74, 6) is 0.905. The largest absolute Gasteiger partial charge is 0.457 e. The lowest BCUT2D eigenvalue weighted by atomic mass is 10.1. The summed E-state index contributed by atoms with van der Waals surface area (Å²) in [4.78, 5) is 22.7. The summed E-state index contributed by atoms with van der Waals surface area (Å²) in [5.41, 5.74) is 7.08. The molecule has 0 saturated carbocycles. The minimum Gasteiger partial charge on any atom is -0.457 e. The van der Waals surface area contributed by atoms with Gasteiger partial charge in [0.25, 0.3) is 0 Å². The normalized spacial score (nSPS) is 11.8. The predicted octanol–water partition coefficient (Wildman–Crippen LogP) is 1.94. The van der Waals surface area contributed by atoms with Crippen molar-refractivity contribution in [3.8, 4) is 11.5 Å². The van der Waals surface area contributed by atoms with Crippen LogP contribution in [0.3, 0.4) is 0 Å². The Morgan fingerprint density at radius 3 is 2.50 bits per heavy atom. The van der Waals surface area contributed by atoms with Gasteiger partial charge in [-0.25, -0.2) is 9.59 Å². The number of nitrogens with two attached hydrogens (primary N) is 1. The fraction of sp³-hybridized carbons (Fsp3) is 0.176. The smallest absolute Gasteiger partial charge is 0.338 e. The number of carbonyl (C=O) groups excluding carboxylic acids is 2. The van der Waals surface area contributed by atoms with Gasteiger partial charge in [0, 0.05) is 6.54 Å². The third kappa shape index (κ3) is 3.75. The van der Waals surface area contributed by atoms with E-state index in [1.165, 1.54) is 0 Å². The van der Waals surface area contributed by atoms with Gasteiger partial charge in [-0.15, -0.1) is 0 Å². The minimum absolute atomic E-state index is 0.139. The van der Waals surface area contributed by atoms with Crippen LogP contribution < -0.4 is 20.5 Å². The van der Waals surface area contributed by atoms with Crippen molar-refractivity contribution in [2.24, 2.45) is 5.73 Å². The topological polar surface area (TPSA) is 99.9 Å². The zero-order valence-corrected chi connectivity index (χ0v) is 12.8. The fourth-order valence-corrected chi connectivity index (χ4v) is 2.21. The summed E-state index contributed by atoms with van der Waals surface area (Å²) in [7, 11) is 0. The Morgan fingerprint density at radius 2 is 1.75 bits per heavy atom. The molecule has 2 amide bonds. The molecule has 3 rings (SSSR count). The summed E-state index contributed by atoms with van der Waals surface area (Å²) in [6.07, 6.45) is 0. The molecule has 7 nitrogen and oxygen atoms in total. The highest BCUT2D eigenvalue weighted by Gasteiger charge is 2.14. The molecule has 0 atom stereocenters. The molecule has 124 valence electrons. The molecule has 1 heterocycles. The van der Waals surface area contributed by atoms with E-state index < -0.39 is 12.0 Å². The minimum atomic E-state index is -0.595. The Kier molecular flexibility index (Phi) is 4.51. The molecule has 2 aromatic rings. The average Bonchev–Trinajstić information content (AvgIpc) is 3.06. The summed E-state index contributed by atoms with van der Waals surface area (Å²) in [6.45, 7) is 0.651. The molecule has 1 aliphatic heterocycles. The highest BCUT2D eigenvalue weighted by molar-refractivity contribution is 5.89. The second-order valence-corrected chi connectivity index (χ2v) is 5.18. The molecule has 0 fully saturated rings. The van der Waals surface area contributed by atoms with Gasteiger partial charge in [-0.2, -0.15) is 0 Å². The van der Waals surface area contributed by atoms with Crippen LogP contribution in [0.2, 0.25) is 0 Å². The molecule has 0 aromatic heterocycles. The monoisotopic (exact) mass is 328 g/mol. The Balaban J connectivity index is 1.56. The number of hydrogen-bond acceptors (Lipinski definition) is 5. The van der Waals surface area contributed by atoms with Crippen LogP contribution in [0.5, 0.6) is 11.5 Å². The summed E-state index contributed by atoms with van der Waals surface area (Å²) in [6, 6.07) is 11.5. The highest BCUT2D eigenvalue weighted by atomic mass is 16.7. The van der Waals surface area contributed by atoms with E-state index in [0.717, 1.165) is 11.1 Å². The van der Waals surface area contributed by atoms with E-state index >= 15 is 0 Å². The number of urea groups is 1. The first kappa shape index (κ1) is 15.7. The van der Waals surface area contributed by atoms with E-state index in [-0.39, 0.29) is 13.4 Å². The number of primary amides is 1. The lowest BCUT2D eigenvalue weighted by molar-refractivity contribution is 0.0472. The van der Waals surface area contributed by atoms with E-state index in [9.17, 15) is 9.59 Å². The van der Waals surface area contributed by atoms with Gasteiger partial charge in [-0.05, 0) is 35.4 Å². The van der Waals surface area contributed by atoms with Crippen LogP contribution in [0.4, 0.5) is 4.79 Å². The number of esters is 1. The molecule has 24 heavy (non-hydrogen) atoms. The van der Waals surface area contributed by atoms with Crippen LogP contribution in [0.25, 0.3) is 0 Å². The highest BCUT2D eigenvalue weighted by Crippen LogP contribution is 2.32. The third-order valence-corrected chi connectivity index (χ3v) is 3.46. The van der Waals surface area contributed by atoms with E-state index in [1.807, 2.05) is 6.07 Å². The Morgan fingerprint density at radius 1 is 1.04 bits per heavy atom. The molecule has 0 radical (unpaired) electrons. The summed E-state index contributed by atoms with van der Waals surface area (Å²) >= 11 is 0. The number of nitrogens with one attached hydrogen (secondary N) is 1. The zero-order valence-electron chi connectivity index (χ0n) is 12.8. The van der Waals surface area contributed by atoms with Crippen molar-refractivity contribution in [3.63, 3.8) is 0 Å². The fourth-order valence-electron chi connectivity index (χ4n) is 2.21. The van der Waals surface area contributed by atoms with Gasteiger partial charge in [-0.3, -0.25) is 0 Å². The van der Waals surface area contributed by atoms with Crippen molar-refractivity contribution < 1.29 is 23.8 Å². The summed E-state index contributed by atoms with van der Waals surface area (Å²) in [5, 5.41) is 2.48. The maximum Gasteiger partial charge on any atom is 0.338 e. The van der Waals surface area contributed by atoms with Crippen LogP contribution in [0.1, 0.15) is 21.5 Å². The van der Waals surface area contributed by atoms with Crippen molar-refractivity contribution in [2.45, 2.75) is 13.2 Å². The van der Waals surface area contributed by atoms with Crippen molar-refractivity contribution >= 4 is 12.0 Å². The van der Waals surface area contributed by atoms with Crippen molar-refractivity contribution in [3.05, 3.63) is 59.2 Å². The van der Waals surface area contributed by atoms with E-state index in [0.29, 0.717) is 23.6 Å². The first-order valence-corrected chi connectivity index (χ1v) is 7.30. The van der Waals surface area contributed by atoms with Crippen molar-refractivity contribution in [2.75, 3.05) is 6.79 Å². The lowest BCUT2D eigenvalue weighted by Gasteiger charge is -2.07. The Labute approximate surface area is 138 Å². The average molecular weight is 328 g/mol. The number of ether oxygens (including phenoxy) is 3. The van der Waals surface area contributed by atoms with Gasteiger partial charge in [0.1, 0.15) is 6.61 Å². The molecule has 0 aliphatic carbocycles. The van der Waals surface area contributed by atoms with Gasteiger partial charge in [-0.1, -0.05) is 18.2 Å². The number of amides is 2. The number of benzene rings is 2. The molecule has 0 spiro atoms. The van der Waals surface area contributed by atoms with Gasteiger partial charge in [0.2, 0.25) is 6.79 Å². The van der Waals surface area contributed by atoms with Gasteiger partial charge in [0.05, 0.1) is 5.56 Å². The number of rotatable bonds is 5. The van der Waals surface area contributed by atoms with Gasteiger partial charge in [0.15, 0.2) is 11.5 Å². The maximum absolute atomic E-state index is 12.1. The van der Waals surface area contributed by atoms with Crippen LogP contribution in [-0.2, 0) is 17.9 Å². The first-order valence-electron chi connectivity index (χ1n) is 7.30. The second kappa shape index (κ2) is 6.91. The predicted molar refractivity (Wildman–Crippen MR) is 84.5 cm³/mol. The molecular formula is C17H16N2O5.